The number of hydrogen-bond donors (Lipinski definition) is 0. The van der Waals surface area contributed by atoms with Crippen LogP contribution in [0.15, 0.2) is 54.6 Å². The second kappa shape index (κ2) is 6.04. The molecule has 0 saturated heterocycles. The topological polar surface area (TPSA) is 17.1 Å². The number of benzene rings is 2. The van der Waals surface area contributed by atoms with E-state index in [-0.39, 0.29) is 5.92 Å². The predicted octanol–water partition coefficient (Wildman–Crippen LogP) is 4.66. The van der Waals surface area contributed by atoms with Gasteiger partial charge in [-0.1, -0.05) is 61.0 Å². The van der Waals surface area contributed by atoms with Crippen molar-refractivity contribution in [1.29, 1.82) is 0 Å². The lowest BCUT2D eigenvalue weighted by Gasteiger charge is -2.20. The van der Waals surface area contributed by atoms with Gasteiger partial charge < -0.3 is 0 Å². The Bertz CT molecular complexity index is 568. The van der Waals surface area contributed by atoms with Crippen molar-refractivity contribution < 1.29 is 4.79 Å². The minimum atomic E-state index is 0.256. The highest BCUT2D eigenvalue weighted by atomic mass is 16.1. The fourth-order valence-corrected chi connectivity index (χ4v) is 3.02. The minimum Gasteiger partial charge on any atom is -0.299 e. The number of carbonyl (C=O) groups is 1. The van der Waals surface area contributed by atoms with E-state index in [1.165, 1.54) is 23.1 Å². The summed E-state index contributed by atoms with van der Waals surface area (Å²) in [6.45, 7) is 0. The summed E-state index contributed by atoms with van der Waals surface area (Å²) in [5.41, 5.74) is 3.77. The van der Waals surface area contributed by atoms with E-state index < -0.39 is 0 Å². The monoisotopic (exact) mass is 264 g/mol. The summed E-state index contributed by atoms with van der Waals surface area (Å²) in [4.78, 5) is 11.9. The fourth-order valence-electron chi connectivity index (χ4n) is 3.02. The van der Waals surface area contributed by atoms with E-state index in [4.69, 9.17) is 0 Å². The molecule has 1 saturated carbocycles. The van der Waals surface area contributed by atoms with Gasteiger partial charge in [-0.3, -0.25) is 4.79 Å². The number of ketones is 1. The zero-order chi connectivity index (χ0) is 13.8. The quantitative estimate of drug-likeness (QED) is 0.788. The molecule has 1 unspecified atom stereocenters. The standard InChI is InChI=1S/C19H20O/c20-19-9-5-4-8-18(19)14-15-10-12-17(13-11-15)16-6-2-1-3-7-16/h1-3,6-7,10-13,18H,4-5,8-9,14H2. The molecule has 1 fully saturated rings. The van der Waals surface area contributed by atoms with Crippen molar-refractivity contribution in [2.75, 3.05) is 0 Å². The highest BCUT2D eigenvalue weighted by molar-refractivity contribution is 5.81. The Morgan fingerprint density at radius 3 is 2.25 bits per heavy atom. The van der Waals surface area contributed by atoms with Gasteiger partial charge in [0.2, 0.25) is 0 Å². The number of Topliss-reactive ketones (excluding diaryl/α,β-unsaturated/α-hetero) is 1. The van der Waals surface area contributed by atoms with E-state index in [0.717, 1.165) is 25.7 Å². The largest absolute Gasteiger partial charge is 0.299 e. The summed E-state index contributed by atoms with van der Waals surface area (Å²) < 4.78 is 0. The summed E-state index contributed by atoms with van der Waals surface area (Å²) in [5, 5.41) is 0. The van der Waals surface area contributed by atoms with Crippen LogP contribution >= 0.6 is 0 Å². The zero-order valence-electron chi connectivity index (χ0n) is 11.7. The van der Waals surface area contributed by atoms with E-state index in [1.807, 2.05) is 6.07 Å². The Balaban J connectivity index is 1.72. The Labute approximate surface area is 120 Å². The Hall–Kier alpha value is -1.89. The normalized spacial score (nSPS) is 19.0. The summed E-state index contributed by atoms with van der Waals surface area (Å²) in [5.74, 6) is 0.717. The molecule has 1 heteroatoms. The maximum atomic E-state index is 11.9. The van der Waals surface area contributed by atoms with Crippen molar-refractivity contribution in [3.8, 4) is 11.1 Å². The van der Waals surface area contributed by atoms with Crippen LogP contribution in [0.5, 0.6) is 0 Å². The first-order chi connectivity index (χ1) is 9.83. The molecule has 1 atom stereocenters. The lowest BCUT2D eigenvalue weighted by Crippen LogP contribution is -2.20. The molecule has 0 aromatic heterocycles. The second-order valence-corrected chi connectivity index (χ2v) is 5.68. The van der Waals surface area contributed by atoms with Crippen LogP contribution in [0, 0.1) is 5.92 Å². The molecule has 1 nitrogen and oxygen atoms in total. The number of rotatable bonds is 3. The van der Waals surface area contributed by atoms with Crippen LogP contribution in [-0.4, -0.2) is 5.78 Å². The van der Waals surface area contributed by atoms with Crippen molar-refractivity contribution in [3.63, 3.8) is 0 Å². The highest BCUT2D eigenvalue weighted by Crippen LogP contribution is 2.25. The summed E-state index contributed by atoms with van der Waals surface area (Å²) >= 11 is 0. The van der Waals surface area contributed by atoms with Gasteiger partial charge in [-0.15, -0.1) is 0 Å². The lowest BCUT2D eigenvalue weighted by molar-refractivity contribution is -0.124. The molecule has 0 radical (unpaired) electrons. The minimum absolute atomic E-state index is 0.256. The molecule has 20 heavy (non-hydrogen) atoms. The first-order valence-electron chi connectivity index (χ1n) is 7.50. The van der Waals surface area contributed by atoms with Crippen LogP contribution in [0.1, 0.15) is 31.2 Å². The van der Waals surface area contributed by atoms with Crippen LogP contribution in [-0.2, 0) is 11.2 Å². The maximum Gasteiger partial charge on any atom is 0.136 e. The molecule has 0 aliphatic heterocycles. The van der Waals surface area contributed by atoms with Gasteiger partial charge in [0.05, 0.1) is 0 Å². The smallest absolute Gasteiger partial charge is 0.136 e. The van der Waals surface area contributed by atoms with Gasteiger partial charge in [0.15, 0.2) is 0 Å². The van der Waals surface area contributed by atoms with Crippen molar-refractivity contribution in [2.45, 2.75) is 32.1 Å². The first kappa shape index (κ1) is 13.1. The molecule has 0 spiro atoms. The Morgan fingerprint density at radius 2 is 1.55 bits per heavy atom. The molecule has 0 N–H and O–H groups in total. The average Bonchev–Trinajstić information content (AvgIpc) is 2.51. The van der Waals surface area contributed by atoms with E-state index in [1.54, 1.807) is 0 Å². The van der Waals surface area contributed by atoms with Crippen molar-refractivity contribution in [2.24, 2.45) is 5.92 Å². The van der Waals surface area contributed by atoms with Crippen LogP contribution in [0.25, 0.3) is 11.1 Å². The third-order valence-corrected chi connectivity index (χ3v) is 4.22. The third-order valence-electron chi connectivity index (χ3n) is 4.22. The maximum absolute atomic E-state index is 11.9. The zero-order valence-corrected chi connectivity index (χ0v) is 11.7. The van der Waals surface area contributed by atoms with Crippen LogP contribution in [0.4, 0.5) is 0 Å². The first-order valence-corrected chi connectivity index (χ1v) is 7.50. The van der Waals surface area contributed by atoms with Gasteiger partial charge in [0, 0.05) is 12.3 Å². The second-order valence-electron chi connectivity index (χ2n) is 5.68. The number of hydrogen-bond acceptors (Lipinski definition) is 1. The summed E-state index contributed by atoms with van der Waals surface area (Å²) in [6.07, 6.45) is 5.06. The Morgan fingerprint density at radius 1 is 0.850 bits per heavy atom. The highest BCUT2D eigenvalue weighted by Gasteiger charge is 2.22. The molecule has 2 aromatic carbocycles. The third kappa shape index (κ3) is 2.98. The molecule has 1 aliphatic rings. The molecule has 3 rings (SSSR count). The van der Waals surface area contributed by atoms with Gasteiger partial charge >= 0.3 is 0 Å². The molecule has 102 valence electrons. The molecule has 0 amide bonds. The van der Waals surface area contributed by atoms with E-state index in [2.05, 4.69) is 48.5 Å². The summed E-state index contributed by atoms with van der Waals surface area (Å²) in [7, 11) is 0. The van der Waals surface area contributed by atoms with Gasteiger partial charge in [-0.25, -0.2) is 0 Å². The fraction of sp³-hybridized carbons (Fsp3) is 0.316. The van der Waals surface area contributed by atoms with E-state index in [9.17, 15) is 4.79 Å². The molecule has 0 bridgehead atoms. The molecule has 2 aromatic rings. The van der Waals surface area contributed by atoms with Crippen LogP contribution in [0.3, 0.4) is 0 Å². The SMILES string of the molecule is O=C1CCCCC1Cc1ccc(-c2ccccc2)cc1. The van der Waals surface area contributed by atoms with Crippen molar-refractivity contribution >= 4 is 5.78 Å². The molecule has 0 heterocycles. The Kier molecular flexibility index (Phi) is 3.96. The van der Waals surface area contributed by atoms with Crippen molar-refractivity contribution in [1.82, 2.24) is 0 Å². The van der Waals surface area contributed by atoms with Gasteiger partial charge in [-0.05, 0) is 36.0 Å². The molecule has 1 aliphatic carbocycles. The summed E-state index contributed by atoms with van der Waals surface area (Å²) in [6, 6.07) is 19.1. The molecular weight excluding hydrogens is 244 g/mol. The van der Waals surface area contributed by atoms with Gasteiger partial charge in [-0.2, -0.15) is 0 Å². The van der Waals surface area contributed by atoms with Crippen molar-refractivity contribution in [3.05, 3.63) is 60.2 Å². The van der Waals surface area contributed by atoms with Crippen LogP contribution in [0.2, 0.25) is 0 Å². The van der Waals surface area contributed by atoms with E-state index >= 15 is 0 Å². The van der Waals surface area contributed by atoms with Gasteiger partial charge in [0.25, 0.3) is 0 Å². The van der Waals surface area contributed by atoms with Crippen LogP contribution < -0.4 is 0 Å². The predicted molar refractivity (Wildman–Crippen MR) is 82.5 cm³/mol. The molecular formula is C19H20O. The van der Waals surface area contributed by atoms with Gasteiger partial charge in [0.1, 0.15) is 5.78 Å². The lowest BCUT2D eigenvalue weighted by atomic mass is 9.83. The number of carbonyl (C=O) groups excluding carboxylic acids is 1. The average molecular weight is 264 g/mol. The van der Waals surface area contributed by atoms with E-state index in [0.29, 0.717) is 5.78 Å².